The number of hydrogen-bond acceptors (Lipinski definition) is 4. The lowest BCUT2D eigenvalue weighted by atomic mass is 9.85. The standard InChI is InChI=1S/C25H39N3O/c1-6-8-13-18-24(3,4)29-28(5)25(19-9-7-2)20-16-23(17-21-25)27-26-22-14-11-10-12-15-22/h10-12,14-17,20H,6-9,13,18-19,21H2,1-5H3. The molecule has 160 valence electrons. The van der Waals surface area contributed by atoms with Crippen LogP contribution in [0, 0.1) is 0 Å². The minimum atomic E-state index is -0.159. The van der Waals surface area contributed by atoms with E-state index in [4.69, 9.17) is 4.84 Å². The van der Waals surface area contributed by atoms with Crippen molar-refractivity contribution in [1.82, 2.24) is 5.06 Å². The SMILES string of the molecule is CCCCCC(C)(C)ON(C)C1(CCCC)C=CC(N=Nc2ccccc2)=CC1. The minimum absolute atomic E-state index is 0.121. The molecule has 0 bridgehead atoms. The van der Waals surface area contributed by atoms with Crippen molar-refractivity contribution in [2.75, 3.05) is 7.05 Å². The maximum atomic E-state index is 6.49. The molecule has 0 spiro atoms. The van der Waals surface area contributed by atoms with E-state index in [1.165, 1.54) is 32.1 Å². The van der Waals surface area contributed by atoms with Gasteiger partial charge in [0.15, 0.2) is 0 Å². The molecule has 4 nitrogen and oxygen atoms in total. The van der Waals surface area contributed by atoms with Crippen molar-refractivity contribution in [2.24, 2.45) is 10.2 Å². The average Bonchev–Trinajstić information content (AvgIpc) is 2.72. The first-order valence-corrected chi connectivity index (χ1v) is 11.2. The molecule has 0 radical (unpaired) electrons. The second kappa shape index (κ2) is 11.4. The van der Waals surface area contributed by atoms with Crippen LogP contribution in [0.15, 0.2) is 64.5 Å². The number of benzene rings is 1. The van der Waals surface area contributed by atoms with Gasteiger partial charge in [-0.3, -0.25) is 4.84 Å². The molecule has 0 saturated carbocycles. The summed E-state index contributed by atoms with van der Waals surface area (Å²) in [5, 5.41) is 10.9. The lowest BCUT2D eigenvalue weighted by molar-refractivity contribution is -0.262. The van der Waals surface area contributed by atoms with Crippen molar-refractivity contribution in [3.05, 3.63) is 54.3 Å². The molecule has 1 atom stereocenters. The highest BCUT2D eigenvalue weighted by atomic mass is 16.7. The smallest absolute Gasteiger partial charge is 0.0857 e. The topological polar surface area (TPSA) is 37.2 Å². The maximum Gasteiger partial charge on any atom is 0.0857 e. The van der Waals surface area contributed by atoms with Crippen molar-refractivity contribution in [2.45, 2.75) is 90.2 Å². The largest absolute Gasteiger partial charge is 0.292 e. The Morgan fingerprint density at radius 1 is 1.03 bits per heavy atom. The van der Waals surface area contributed by atoms with Gasteiger partial charge in [-0.1, -0.05) is 76.3 Å². The van der Waals surface area contributed by atoms with Crippen LogP contribution in [0.4, 0.5) is 5.69 Å². The summed E-state index contributed by atoms with van der Waals surface area (Å²) < 4.78 is 0. The van der Waals surface area contributed by atoms with Gasteiger partial charge in [-0.2, -0.15) is 15.3 Å². The van der Waals surface area contributed by atoms with Gasteiger partial charge in [0.25, 0.3) is 0 Å². The maximum absolute atomic E-state index is 6.49. The third-order valence-corrected chi connectivity index (χ3v) is 5.62. The van der Waals surface area contributed by atoms with Gasteiger partial charge in [-0.25, -0.2) is 0 Å². The first-order valence-electron chi connectivity index (χ1n) is 11.2. The van der Waals surface area contributed by atoms with Gasteiger partial charge >= 0.3 is 0 Å². The molecule has 0 saturated heterocycles. The lowest BCUT2D eigenvalue weighted by Crippen LogP contribution is -2.49. The number of hydroxylamine groups is 2. The number of hydrogen-bond donors (Lipinski definition) is 0. The van der Waals surface area contributed by atoms with Crippen LogP contribution in [-0.4, -0.2) is 23.3 Å². The van der Waals surface area contributed by atoms with Gasteiger partial charge in [0.05, 0.1) is 22.5 Å². The zero-order valence-electron chi connectivity index (χ0n) is 19.0. The monoisotopic (exact) mass is 397 g/mol. The highest BCUT2D eigenvalue weighted by molar-refractivity contribution is 5.36. The highest BCUT2D eigenvalue weighted by Gasteiger charge is 2.36. The first kappa shape index (κ1) is 23.5. The fourth-order valence-electron chi connectivity index (χ4n) is 3.71. The molecule has 1 unspecified atom stereocenters. The lowest BCUT2D eigenvalue weighted by Gasteiger charge is -2.43. The zero-order valence-corrected chi connectivity index (χ0v) is 19.0. The van der Waals surface area contributed by atoms with E-state index in [0.29, 0.717) is 0 Å². The van der Waals surface area contributed by atoms with Crippen LogP contribution >= 0.6 is 0 Å². The van der Waals surface area contributed by atoms with Crippen molar-refractivity contribution >= 4 is 5.69 Å². The average molecular weight is 398 g/mol. The molecular formula is C25H39N3O. The summed E-state index contributed by atoms with van der Waals surface area (Å²) >= 11 is 0. The van der Waals surface area contributed by atoms with E-state index in [-0.39, 0.29) is 11.1 Å². The Labute approximate surface area is 177 Å². The molecule has 0 fully saturated rings. The molecule has 1 aliphatic carbocycles. The summed E-state index contributed by atoms with van der Waals surface area (Å²) in [7, 11) is 2.09. The summed E-state index contributed by atoms with van der Waals surface area (Å²) in [4.78, 5) is 6.49. The number of nitrogens with zero attached hydrogens (tertiary/aromatic N) is 3. The molecule has 0 N–H and O–H groups in total. The van der Waals surface area contributed by atoms with E-state index in [0.717, 1.165) is 30.6 Å². The van der Waals surface area contributed by atoms with Gasteiger partial charge in [0.1, 0.15) is 0 Å². The van der Waals surface area contributed by atoms with Crippen LogP contribution in [0.2, 0.25) is 0 Å². The molecular weight excluding hydrogens is 358 g/mol. The number of azo groups is 1. The summed E-state index contributed by atoms with van der Waals surface area (Å²) in [5.41, 5.74) is 1.51. The van der Waals surface area contributed by atoms with Gasteiger partial charge in [0.2, 0.25) is 0 Å². The van der Waals surface area contributed by atoms with Crippen molar-refractivity contribution in [3.8, 4) is 0 Å². The Kier molecular flexibility index (Phi) is 9.25. The number of rotatable bonds is 12. The van der Waals surface area contributed by atoms with Crippen LogP contribution < -0.4 is 0 Å². The van der Waals surface area contributed by atoms with Crippen LogP contribution in [0.3, 0.4) is 0 Å². The minimum Gasteiger partial charge on any atom is -0.292 e. The third-order valence-electron chi connectivity index (χ3n) is 5.62. The van der Waals surface area contributed by atoms with Gasteiger partial charge in [-0.15, -0.1) is 0 Å². The molecule has 0 heterocycles. The van der Waals surface area contributed by atoms with Crippen molar-refractivity contribution < 1.29 is 4.84 Å². The van der Waals surface area contributed by atoms with E-state index in [1.54, 1.807) is 0 Å². The van der Waals surface area contributed by atoms with Crippen LogP contribution in [0.1, 0.15) is 79.1 Å². The normalized spacial score (nSPS) is 19.9. The fourth-order valence-corrected chi connectivity index (χ4v) is 3.71. The molecule has 0 amide bonds. The quantitative estimate of drug-likeness (QED) is 0.205. The van der Waals surface area contributed by atoms with Crippen LogP contribution in [0.25, 0.3) is 0 Å². The van der Waals surface area contributed by atoms with E-state index >= 15 is 0 Å². The highest BCUT2D eigenvalue weighted by Crippen LogP contribution is 2.35. The summed E-state index contributed by atoms with van der Waals surface area (Å²) in [6, 6.07) is 9.86. The Morgan fingerprint density at radius 3 is 2.38 bits per heavy atom. The molecule has 4 heteroatoms. The van der Waals surface area contributed by atoms with E-state index < -0.39 is 0 Å². The van der Waals surface area contributed by atoms with Crippen molar-refractivity contribution in [1.29, 1.82) is 0 Å². The Hall–Kier alpha value is -1.78. The van der Waals surface area contributed by atoms with Crippen LogP contribution in [0.5, 0.6) is 0 Å². The summed E-state index contributed by atoms with van der Waals surface area (Å²) in [6.07, 6.45) is 15.6. The Morgan fingerprint density at radius 2 is 1.76 bits per heavy atom. The molecule has 1 aromatic rings. The van der Waals surface area contributed by atoms with Crippen LogP contribution in [-0.2, 0) is 4.84 Å². The van der Waals surface area contributed by atoms with Gasteiger partial charge < -0.3 is 0 Å². The molecule has 0 aromatic heterocycles. The van der Waals surface area contributed by atoms with Crippen molar-refractivity contribution in [3.63, 3.8) is 0 Å². The number of unbranched alkanes of at least 4 members (excludes halogenated alkanes) is 3. The third kappa shape index (κ3) is 7.52. The molecule has 0 aliphatic heterocycles. The van der Waals surface area contributed by atoms with E-state index in [1.807, 2.05) is 30.3 Å². The zero-order chi connectivity index (χ0) is 21.2. The fraction of sp³-hybridized carbons (Fsp3) is 0.600. The van der Waals surface area contributed by atoms with E-state index in [2.05, 4.69) is 68.3 Å². The van der Waals surface area contributed by atoms with Gasteiger partial charge in [0, 0.05) is 7.05 Å². The molecule has 1 aliphatic rings. The first-order chi connectivity index (χ1) is 13.9. The Bertz CT molecular complexity index is 693. The van der Waals surface area contributed by atoms with E-state index in [9.17, 15) is 0 Å². The number of allylic oxidation sites excluding steroid dienone is 1. The predicted octanol–water partition coefficient (Wildman–Crippen LogP) is 7.77. The summed E-state index contributed by atoms with van der Waals surface area (Å²) in [5.74, 6) is 0. The van der Waals surface area contributed by atoms with Gasteiger partial charge in [-0.05, 0) is 51.3 Å². The predicted molar refractivity (Wildman–Crippen MR) is 122 cm³/mol. The summed E-state index contributed by atoms with van der Waals surface area (Å²) in [6.45, 7) is 8.89. The Balaban J connectivity index is 2.06. The number of likely N-dealkylation sites (N-methyl/N-ethyl adjacent to an activating group) is 1. The molecule has 1 aromatic carbocycles. The molecule has 2 rings (SSSR count). The second-order valence-electron chi connectivity index (χ2n) is 8.71. The molecule has 29 heavy (non-hydrogen) atoms. The second-order valence-corrected chi connectivity index (χ2v) is 8.71.